The van der Waals surface area contributed by atoms with Crippen LogP contribution < -0.4 is 0 Å². The van der Waals surface area contributed by atoms with Crippen molar-refractivity contribution in [3.63, 3.8) is 0 Å². The van der Waals surface area contributed by atoms with Gasteiger partial charge in [-0.05, 0) is 108 Å². The molecule has 0 saturated heterocycles. The second-order valence-electron chi connectivity index (χ2n) is 9.36. The van der Waals surface area contributed by atoms with Gasteiger partial charge in [0.05, 0.1) is 0 Å². The van der Waals surface area contributed by atoms with Gasteiger partial charge >= 0.3 is 0 Å². The predicted molar refractivity (Wildman–Crippen MR) is 166 cm³/mol. The number of phenolic OH excluding ortho intramolecular Hbond substituents is 4. The van der Waals surface area contributed by atoms with Gasteiger partial charge in [0.2, 0.25) is 0 Å². The van der Waals surface area contributed by atoms with Gasteiger partial charge in [-0.1, -0.05) is 48.6 Å². The predicted octanol–water partition coefficient (Wildman–Crippen LogP) is 8.44. The molecule has 0 unspecified atom stereocenters. The number of hydrogen-bond donors (Lipinski definition) is 4. The van der Waals surface area contributed by atoms with Crippen molar-refractivity contribution in [3.05, 3.63) is 146 Å². The van der Waals surface area contributed by atoms with Gasteiger partial charge in [-0.3, -0.25) is 0 Å². The van der Waals surface area contributed by atoms with Crippen LogP contribution in [0.2, 0.25) is 0 Å². The summed E-state index contributed by atoms with van der Waals surface area (Å²) in [6, 6.07) is 21.7. The molecule has 4 N–H and O–H groups in total. The Morgan fingerprint density at radius 2 is 0.775 bits per heavy atom. The van der Waals surface area contributed by atoms with Gasteiger partial charge in [0.15, 0.2) is 0 Å². The summed E-state index contributed by atoms with van der Waals surface area (Å²) in [5.41, 5.74) is 7.05. The molecule has 0 saturated carbocycles. The largest absolute Gasteiger partial charge is 0.508 e. The Balaban J connectivity index is 0.000000220. The van der Waals surface area contributed by atoms with E-state index in [0.29, 0.717) is 12.8 Å². The maximum Gasteiger partial charge on any atom is 0.123 e. The summed E-state index contributed by atoms with van der Waals surface area (Å²) in [5, 5.41) is 39.7. The monoisotopic (exact) mass is 532 g/mol. The second kappa shape index (κ2) is 14.3. The molecule has 4 heteroatoms. The van der Waals surface area contributed by atoms with E-state index in [2.05, 4.69) is 26.3 Å². The second-order valence-corrected chi connectivity index (χ2v) is 9.36. The van der Waals surface area contributed by atoms with Crippen molar-refractivity contribution in [2.45, 2.75) is 25.7 Å². The van der Waals surface area contributed by atoms with Crippen LogP contribution in [-0.2, 0) is 25.7 Å². The Hall–Kier alpha value is -4.96. The topological polar surface area (TPSA) is 80.9 Å². The molecule has 4 aromatic carbocycles. The highest BCUT2D eigenvalue weighted by atomic mass is 16.3. The summed E-state index contributed by atoms with van der Waals surface area (Å²) in [4.78, 5) is 0. The summed E-state index contributed by atoms with van der Waals surface area (Å²) in [6.45, 7) is 14.8. The summed E-state index contributed by atoms with van der Waals surface area (Å²) in [6.07, 6.45) is 9.83. The van der Waals surface area contributed by atoms with E-state index in [-0.39, 0.29) is 23.0 Å². The normalized spacial score (nSPS) is 10.2. The van der Waals surface area contributed by atoms with E-state index in [9.17, 15) is 20.4 Å². The molecule has 4 nitrogen and oxygen atoms in total. The fraction of sp³-hybridized carbons (Fsp3) is 0.111. The van der Waals surface area contributed by atoms with Crippen LogP contribution in [0.25, 0.3) is 22.3 Å². The fourth-order valence-electron chi connectivity index (χ4n) is 4.36. The lowest BCUT2D eigenvalue weighted by Gasteiger charge is -2.10. The number of hydrogen-bond acceptors (Lipinski definition) is 4. The zero-order valence-electron chi connectivity index (χ0n) is 22.7. The maximum atomic E-state index is 10.0. The molecular weight excluding hydrogens is 496 g/mol. The lowest BCUT2D eigenvalue weighted by atomic mass is 9.97. The third-order valence-corrected chi connectivity index (χ3v) is 6.39. The van der Waals surface area contributed by atoms with E-state index in [1.165, 1.54) is 0 Å². The van der Waals surface area contributed by atoms with Crippen LogP contribution in [0, 0.1) is 0 Å². The zero-order chi connectivity index (χ0) is 29.1. The average Bonchev–Trinajstić information content (AvgIpc) is 2.94. The molecule has 0 heterocycles. The van der Waals surface area contributed by atoms with Crippen molar-refractivity contribution in [1.82, 2.24) is 0 Å². The van der Waals surface area contributed by atoms with E-state index in [4.69, 9.17) is 0 Å². The molecule has 40 heavy (non-hydrogen) atoms. The molecule has 0 spiro atoms. The summed E-state index contributed by atoms with van der Waals surface area (Å²) < 4.78 is 0. The minimum Gasteiger partial charge on any atom is -0.508 e. The van der Waals surface area contributed by atoms with Crippen LogP contribution in [0.15, 0.2) is 123 Å². The first-order valence-corrected chi connectivity index (χ1v) is 13.0. The Bertz CT molecular complexity index is 1400. The highest BCUT2D eigenvalue weighted by Gasteiger charge is 2.10. The highest BCUT2D eigenvalue weighted by molar-refractivity contribution is 5.73. The minimum absolute atomic E-state index is 0.230. The number of rotatable bonds is 10. The van der Waals surface area contributed by atoms with Gasteiger partial charge in [-0.25, -0.2) is 0 Å². The van der Waals surface area contributed by atoms with Gasteiger partial charge in [0.1, 0.15) is 23.0 Å². The van der Waals surface area contributed by atoms with Crippen molar-refractivity contribution < 1.29 is 20.4 Å². The summed E-state index contributed by atoms with van der Waals surface area (Å²) in [7, 11) is 0. The molecule has 0 radical (unpaired) electrons. The Morgan fingerprint density at radius 3 is 1.12 bits per heavy atom. The van der Waals surface area contributed by atoms with Gasteiger partial charge in [-0.15, -0.1) is 26.3 Å². The fourth-order valence-corrected chi connectivity index (χ4v) is 4.36. The van der Waals surface area contributed by atoms with E-state index in [1.54, 1.807) is 48.6 Å². The molecule has 0 aliphatic carbocycles. The van der Waals surface area contributed by atoms with E-state index in [0.717, 1.165) is 57.3 Å². The van der Waals surface area contributed by atoms with E-state index < -0.39 is 0 Å². The van der Waals surface area contributed by atoms with Crippen LogP contribution in [0.4, 0.5) is 0 Å². The number of aromatic hydroxyl groups is 4. The van der Waals surface area contributed by atoms with E-state index >= 15 is 0 Å². The lowest BCUT2D eigenvalue weighted by molar-refractivity contribution is 0.469. The van der Waals surface area contributed by atoms with Crippen molar-refractivity contribution in [1.29, 1.82) is 0 Å². The molecule has 204 valence electrons. The van der Waals surface area contributed by atoms with Crippen LogP contribution in [0.3, 0.4) is 0 Å². The van der Waals surface area contributed by atoms with Crippen LogP contribution in [-0.4, -0.2) is 20.4 Å². The first-order chi connectivity index (χ1) is 19.3. The standard InChI is InChI=1S/2C18H18O2/c2*1-3-5-13-7-9-18(20)16(11-13)14-8-10-17(19)15(12-14)6-4-2/h2*3-4,7-12,19-20H,1-2,5-6H2. The van der Waals surface area contributed by atoms with Crippen LogP contribution >= 0.6 is 0 Å². The molecule has 4 aromatic rings. The zero-order valence-corrected chi connectivity index (χ0v) is 22.7. The summed E-state index contributed by atoms with van der Waals surface area (Å²) >= 11 is 0. The quantitative estimate of drug-likeness (QED) is 0.155. The molecule has 0 aliphatic rings. The van der Waals surface area contributed by atoms with Gasteiger partial charge < -0.3 is 20.4 Å². The molecule has 0 fully saturated rings. The van der Waals surface area contributed by atoms with Crippen molar-refractivity contribution in [2.24, 2.45) is 0 Å². The van der Waals surface area contributed by atoms with Crippen LogP contribution in [0.1, 0.15) is 22.3 Å². The molecule has 0 bridgehead atoms. The van der Waals surface area contributed by atoms with Gasteiger partial charge in [-0.2, -0.15) is 0 Å². The molecule has 0 aromatic heterocycles. The first kappa shape index (κ1) is 29.6. The SMILES string of the molecule is C=CCc1ccc(O)c(-c2ccc(O)c(CC=C)c2)c1.C=CCc1ccc(O)c(-c2ccc(O)c(CC=C)c2)c1. The van der Waals surface area contributed by atoms with Gasteiger partial charge in [0.25, 0.3) is 0 Å². The number of allylic oxidation sites excluding steroid dienone is 4. The van der Waals surface area contributed by atoms with E-state index in [1.807, 2.05) is 48.6 Å². The molecule has 0 aliphatic heterocycles. The number of phenols is 4. The van der Waals surface area contributed by atoms with Gasteiger partial charge in [0, 0.05) is 11.1 Å². The Morgan fingerprint density at radius 1 is 0.425 bits per heavy atom. The van der Waals surface area contributed by atoms with Crippen molar-refractivity contribution >= 4 is 0 Å². The molecule has 0 amide bonds. The lowest BCUT2D eigenvalue weighted by Crippen LogP contribution is -1.88. The highest BCUT2D eigenvalue weighted by Crippen LogP contribution is 2.34. The molecular formula is C36H36O4. The number of benzene rings is 4. The average molecular weight is 533 g/mol. The maximum absolute atomic E-state index is 10.0. The Labute approximate surface area is 236 Å². The molecule has 0 atom stereocenters. The minimum atomic E-state index is 0.230. The third kappa shape index (κ3) is 7.55. The smallest absolute Gasteiger partial charge is 0.123 e. The molecule has 4 rings (SSSR count). The Kier molecular flexibility index (Phi) is 10.6. The summed E-state index contributed by atoms with van der Waals surface area (Å²) in [5.74, 6) is 0.951. The van der Waals surface area contributed by atoms with Crippen LogP contribution in [0.5, 0.6) is 23.0 Å². The first-order valence-electron chi connectivity index (χ1n) is 13.0. The van der Waals surface area contributed by atoms with Crippen molar-refractivity contribution in [2.75, 3.05) is 0 Å². The third-order valence-electron chi connectivity index (χ3n) is 6.39. The van der Waals surface area contributed by atoms with Crippen molar-refractivity contribution in [3.8, 4) is 45.3 Å².